The van der Waals surface area contributed by atoms with Gasteiger partial charge in [0.1, 0.15) is 22.8 Å². The Morgan fingerprint density at radius 2 is 1.92 bits per heavy atom. The van der Waals surface area contributed by atoms with Crippen molar-refractivity contribution in [2.24, 2.45) is 17.6 Å². The number of aromatic hydroxyl groups is 1. The minimum atomic E-state index is -2.63. The van der Waals surface area contributed by atoms with Crippen LogP contribution in [0.4, 0.5) is 0 Å². The number of aliphatic hydroxyl groups is 3. The van der Waals surface area contributed by atoms with E-state index in [0.717, 1.165) is 19.5 Å². The molecule has 0 bridgehead atoms. The number of likely N-dealkylation sites (N-methyl/N-ethyl adjacent to an activating group) is 1. The van der Waals surface area contributed by atoms with Crippen LogP contribution >= 0.6 is 0 Å². The van der Waals surface area contributed by atoms with E-state index in [-0.39, 0.29) is 29.7 Å². The molecule has 1 fully saturated rings. The summed E-state index contributed by atoms with van der Waals surface area (Å²) in [5.74, 6) is -6.35. The van der Waals surface area contributed by atoms with Crippen LogP contribution in [0.3, 0.4) is 0 Å². The van der Waals surface area contributed by atoms with Crippen LogP contribution in [0.2, 0.25) is 0 Å². The molecule has 1 amide bonds. The van der Waals surface area contributed by atoms with Gasteiger partial charge in [0.2, 0.25) is 5.78 Å². The molecule has 0 radical (unpaired) electrons. The zero-order valence-corrected chi connectivity index (χ0v) is 20.8. The topological polar surface area (TPSA) is 165 Å². The summed E-state index contributed by atoms with van der Waals surface area (Å²) in [5.41, 5.74) is 3.13. The third-order valence-corrected chi connectivity index (χ3v) is 8.21. The molecule has 196 valence electrons. The molecule has 0 aromatic heterocycles. The van der Waals surface area contributed by atoms with E-state index < -0.39 is 58.0 Å². The van der Waals surface area contributed by atoms with Crippen molar-refractivity contribution in [2.75, 3.05) is 27.2 Å². The zero-order chi connectivity index (χ0) is 26.8. The van der Waals surface area contributed by atoms with Crippen molar-refractivity contribution in [2.45, 2.75) is 37.5 Å². The third-order valence-electron chi connectivity index (χ3n) is 8.21. The van der Waals surface area contributed by atoms with E-state index in [1.165, 1.54) is 4.90 Å². The lowest BCUT2D eigenvalue weighted by molar-refractivity contribution is -0.153. The van der Waals surface area contributed by atoms with Crippen LogP contribution in [0, 0.1) is 11.8 Å². The molecule has 1 aliphatic heterocycles. The Balaban J connectivity index is 1.62. The average molecular weight is 510 g/mol. The monoisotopic (exact) mass is 509 g/mol. The number of carbonyl (C=O) groups excluding carboxylic acids is 3. The van der Waals surface area contributed by atoms with Crippen molar-refractivity contribution < 1.29 is 34.8 Å². The number of rotatable bonds is 4. The van der Waals surface area contributed by atoms with Crippen molar-refractivity contribution in [3.8, 4) is 5.75 Å². The minimum Gasteiger partial charge on any atom is -0.508 e. The number of Topliss-reactive ketones (excluding diaryl/α,β-unsaturated/α-hetero) is 2. The van der Waals surface area contributed by atoms with Crippen molar-refractivity contribution in [1.82, 2.24) is 9.80 Å². The van der Waals surface area contributed by atoms with Crippen molar-refractivity contribution >= 4 is 23.2 Å². The number of phenolic OH excluding ortho intramolecular Hbond substituents is 1. The highest BCUT2D eigenvalue weighted by atomic mass is 16.3. The molecule has 5 rings (SSSR count). The van der Waals surface area contributed by atoms with E-state index in [4.69, 9.17) is 5.73 Å². The van der Waals surface area contributed by atoms with Gasteiger partial charge in [-0.1, -0.05) is 24.3 Å². The van der Waals surface area contributed by atoms with Crippen LogP contribution < -0.4 is 5.73 Å². The van der Waals surface area contributed by atoms with Crippen LogP contribution in [-0.2, 0) is 27.3 Å². The summed E-state index contributed by atoms with van der Waals surface area (Å²) in [5, 5.41) is 45.0. The van der Waals surface area contributed by atoms with Gasteiger partial charge >= 0.3 is 0 Å². The molecule has 1 heterocycles. The fraction of sp³-hybridized carbons (Fsp3) is 0.444. The fourth-order valence-corrected chi connectivity index (χ4v) is 6.46. The summed E-state index contributed by atoms with van der Waals surface area (Å²) in [6.45, 7) is 2.01. The van der Waals surface area contributed by atoms with Crippen molar-refractivity contribution in [3.05, 3.63) is 57.9 Å². The largest absolute Gasteiger partial charge is 0.508 e. The van der Waals surface area contributed by atoms with E-state index in [2.05, 4.69) is 17.1 Å². The van der Waals surface area contributed by atoms with Gasteiger partial charge in [-0.2, -0.15) is 0 Å². The Bertz CT molecular complexity index is 1310. The van der Waals surface area contributed by atoms with E-state index >= 15 is 0 Å². The van der Waals surface area contributed by atoms with Crippen LogP contribution in [0.15, 0.2) is 41.2 Å². The number of primary amides is 1. The molecule has 1 aromatic carbocycles. The smallest absolute Gasteiger partial charge is 0.255 e. The predicted molar refractivity (Wildman–Crippen MR) is 133 cm³/mol. The quantitative estimate of drug-likeness (QED) is 0.291. The van der Waals surface area contributed by atoms with Gasteiger partial charge in [-0.05, 0) is 44.8 Å². The lowest BCUT2D eigenvalue weighted by Gasteiger charge is -2.50. The van der Waals surface area contributed by atoms with Crippen LogP contribution in [0.5, 0.6) is 5.75 Å². The predicted octanol–water partition coefficient (Wildman–Crippen LogP) is 0.726. The molecule has 1 aromatic rings. The summed E-state index contributed by atoms with van der Waals surface area (Å²) in [7, 11) is 3.15. The first-order valence-electron chi connectivity index (χ1n) is 12.3. The van der Waals surface area contributed by atoms with Gasteiger partial charge in [0.05, 0.1) is 11.6 Å². The highest BCUT2D eigenvalue weighted by Gasteiger charge is 2.64. The number of benzene rings is 1. The first kappa shape index (κ1) is 25.2. The van der Waals surface area contributed by atoms with Crippen LogP contribution in [0.25, 0.3) is 5.76 Å². The number of fused-ring (bicyclic) bond motifs is 3. The molecule has 3 aliphatic carbocycles. The first-order chi connectivity index (χ1) is 17.5. The SMILES string of the molecule is CN(C)[C@@H]1C(=O)C(C(N)=O)=C(O)[C@@]2(O)C(=O)C3=C(O)c4c(ccc(CN5CC=CCC5)c4O)C[C@H]3C[C@@H]12. The van der Waals surface area contributed by atoms with Gasteiger partial charge in [-0.3, -0.25) is 24.2 Å². The summed E-state index contributed by atoms with van der Waals surface area (Å²) in [6.07, 6.45) is 5.41. The summed E-state index contributed by atoms with van der Waals surface area (Å²) in [4.78, 5) is 42.7. The van der Waals surface area contributed by atoms with Crippen molar-refractivity contribution in [3.63, 3.8) is 0 Å². The van der Waals surface area contributed by atoms with E-state index in [0.29, 0.717) is 17.7 Å². The Morgan fingerprint density at radius 1 is 1.19 bits per heavy atom. The molecular formula is C27H31N3O7. The lowest BCUT2D eigenvalue weighted by Crippen LogP contribution is -2.65. The Hall–Kier alpha value is -3.47. The summed E-state index contributed by atoms with van der Waals surface area (Å²) < 4.78 is 0. The van der Waals surface area contributed by atoms with E-state index in [1.807, 2.05) is 12.1 Å². The molecule has 0 unspecified atom stereocenters. The van der Waals surface area contributed by atoms with Gasteiger partial charge in [0, 0.05) is 36.7 Å². The minimum absolute atomic E-state index is 0.0778. The van der Waals surface area contributed by atoms with Gasteiger partial charge in [-0.25, -0.2) is 0 Å². The number of hydrogen-bond acceptors (Lipinski definition) is 9. The van der Waals surface area contributed by atoms with Crippen LogP contribution in [0.1, 0.15) is 29.5 Å². The molecule has 37 heavy (non-hydrogen) atoms. The normalized spacial score (nSPS) is 29.9. The molecule has 10 nitrogen and oxygen atoms in total. The number of hydrogen-bond donors (Lipinski definition) is 5. The second kappa shape index (κ2) is 8.83. The second-order valence-electron chi connectivity index (χ2n) is 10.6. The molecule has 6 N–H and O–H groups in total. The van der Waals surface area contributed by atoms with Gasteiger partial charge in [0.15, 0.2) is 11.4 Å². The standard InChI is InChI=1S/C27H31N3O7/c1-29(2)20-16-11-15-10-13-6-7-14(12-30-8-4-3-5-9-30)21(31)17(13)22(32)18(15)24(34)27(16,37)25(35)19(23(20)33)26(28)36/h3-4,6-7,15-16,20,31-32,35,37H,5,8-12H2,1-2H3,(H2,28,36)/t15-,16-,20-,27-/m0/s1. The molecule has 4 aliphatic rings. The highest BCUT2D eigenvalue weighted by molar-refractivity contribution is 6.24. The second-order valence-corrected chi connectivity index (χ2v) is 10.6. The van der Waals surface area contributed by atoms with Gasteiger partial charge in [-0.15, -0.1) is 0 Å². The third kappa shape index (κ3) is 3.62. The number of nitrogens with two attached hydrogens (primary N) is 1. The zero-order valence-electron chi connectivity index (χ0n) is 20.8. The summed E-state index contributed by atoms with van der Waals surface area (Å²) in [6, 6.07) is 2.54. The Labute approximate surface area is 214 Å². The van der Waals surface area contributed by atoms with Crippen LogP contribution in [-0.4, -0.2) is 86.5 Å². The number of phenols is 1. The maximum atomic E-state index is 13.9. The van der Waals surface area contributed by atoms with Gasteiger partial charge in [0.25, 0.3) is 5.91 Å². The van der Waals surface area contributed by atoms with E-state index in [1.54, 1.807) is 14.1 Å². The molecule has 0 spiro atoms. The van der Waals surface area contributed by atoms with Gasteiger partial charge < -0.3 is 26.2 Å². The summed E-state index contributed by atoms with van der Waals surface area (Å²) >= 11 is 0. The molecular weight excluding hydrogens is 478 g/mol. The maximum absolute atomic E-state index is 13.9. The average Bonchev–Trinajstić information content (AvgIpc) is 2.83. The number of nitrogens with zero attached hydrogens (tertiary/aromatic N) is 2. The highest BCUT2D eigenvalue weighted by Crippen LogP contribution is 2.52. The molecule has 1 saturated carbocycles. The molecule has 4 atom stereocenters. The number of carbonyl (C=O) groups is 3. The molecule has 10 heteroatoms. The first-order valence-corrected chi connectivity index (χ1v) is 12.3. The number of aliphatic hydroxyl groups excluding tert-OH is 2. The van der Waals surface area contributed by atoms with Crippen molar-refractivity contribution in [1.29, 1.82) is 0 Å². The Morgan fingerprint density at radius 3 is 2.54 bits per heavy atom. The number of ketones is 2. The lowest BCUT2D eigenvalue weighted by atomic mass is 9.57. The fourth-order valence-electron chi connectivity index (χ4n) is 6.46. The Kier molecular flexibility index (Phi) is 6.01. The maximum Gasteiger partial charge on any atom is 0.255 e. The molecule has 0 saturated heterocycles. The number of amides is 1. The van der Waals surface area contributed by atoms with E-state index in [9.17, 15) is 34.8 Å².